The summed E-state index contributed by atoms with van der Waals surface area (Å²) in [7, 11) is 0. The number of carbonyl (C=O) groups excluding carboxylic acids is 1. The van der Waals surface area contributed by atoms with E-state index >= 15 is 0 Å². The zero-order valence-electron chi connectivity index (χ0n) is 12.1. The van der Waals surface area contributed by atoms with E-state index < -0.39 is 11.9 Å². The molecule has 21 heavy (non-hydrogen) atoms. The molecule has 1 rings (SSSR count). The zero-order valence-corrected chi connectivity index (χ0v) is 14.5. The number of thioether (sulfide) groups is 1. The number of carbonyl (C=O) groups is 2. The number of halogens is 1. The largest absolute Gasteiger partial charge is 0.481 e. The lowest BCUT2D eigenvalue weighted by Crippen LogP contribution is -2.37. The topological polar surface area (TPSA) is 66.4 Å². The second kappa shape index (κ2) is 9.10. The van der Waals surface area contributed by atoms with Crippen LogP contribution >= 0.6 is 27.7 Å². The number of aliphatic carboxylic acids is 1. The summed E-state index contributed by atoms with van der Waals surface area (Å²) < 4.78 is 0.993. The molecule has 0 bridgehead atoms. The first-order chi connectivity index (χ1) is 9.93. The third-order valence-corrected chi connectivity index (χ3v) is 4.65. The predicted molar refractivity (Wildman–Crippen MR) is 88.5 cm³/mol. The molecule has 0 aliphatic carbocycles. The molecule has 0 spiro atoms. The average molecular weight is 374 g/mol. The van der Waals surface area contributed by atoms with E-state index in [1.807, 2.05) is 38.1 Å². The van der Waals surface area contributed by atoms with Gasteiger partial charge in [-0.1, -0.05) is 29.3 Å². The lowest BCUT2D eigenvalue weighted by molar-refractivity contribution is -0.141. The normalized spacial score (nSPS) is 13.5. The van der Waals surface area contributed by atoms with E-state index in [-0.39, 0.29) is 17.7 Å². The van der Waals surface area contributed by atoms with Gasteiger partial charge in [0.1, 0.15) is 0 Å². The van der Waals surface area contributed by atoms with Crippen LogP contribution in [0.25, 0.3) is 0 Å². The number of nitrogens with one attached hydrogen (secondary N) is 1. The van der Waals surface area contributed by atoms with E-state index in [0.717, 1.165) is 15.8 Å². The molecule has 0 aliphatic rings. The van der Waals surface area contributed by atoms with Crippen molar-refractivity contribution in [3.8, 4) is 0 Å². The fourth-order valence-electron chi connectivity index (χ4n) is 1.80. The Morgan fingerprint density at radius 2 is 1.95 bits per heavy atom. The second-order valence-corrected chi connectivity index (χ2v) is 7.11. The van der Waals surface area contributed by atoms with Crippen LogP contribution in [0.5, 0.6) is 0 Å². The number of carboxylic acids is 1. The first-order valence-corrected chi connectivity index (χ1v) is 8.54. The van der Waals surface area contributed by atoms with Crippen LogP contribution in [0.3, 0.4) is 0 Å². The summed E-state index contributed by atoms with van der Waals surface area (Å²) in [6.45, 7) is 3.94. The Hall–Kier alpha value is -1.01. The van der Waals surface area contributed by atoms with Gasteiger partial charge in [0.25, 0.3) is 0 Å². The van der Waals surface area contributed by atoms with Crippen molar-refractivity contribution >= 4 is 39.6 Å². The summed E-state index contributed by atoms with van der Waals surface area (Å²) in [5.74, 6) is -1.50. The van der Waals surface area contributed by atoms with E-state index in [1.54, 1.807) is 0 Å². The SMILES string of the molecule is CCCC(CNC(=O)C(C)Sc1ccc(Br)cc1)C(=O)O. The fraction of sp³-hybridized carbons (Fsp3) is 0.467. The third-order valence-electron chi connectivity index (χ3n) is 3.00. The van der Waals surface area contributed by atoms with Crippen LogP contribution in [0.15, 0.2) is 33.6 Å². The number of benzene rings is 1. The Labute approximate surface area is 137 Å². The number of hydrogen-bond donors (Lipinski definition) is 2. The summed E-state index contributed by atoms with van der Waals surface area (Å²) in [5, 5.41) is 11.5. The van der Waals surface area contributed by atoms with Crippen molar-refractivity contribution in [2.24, 2.45) is 5.92 Å². The molecule has 6 heteroatoms. The van der Waals surface area contributed by atoms with Crippen molar-refractivity contribution in [1.29, 1.82) is 0 Å². The van der Waals surface area contributed by atoms with Crippen molar-refractivity contribution in [1.82, 2.24) is 5.32 Å². The monoisotopic (exact) mass is 373 g/mol. The Bertz CT molecular complexity index is 478. The third kappa shape index (κ3) is 6.52. The Morgan fingerprint density at radius 1 is 1.33 bits per heavy atom. The maximum Gasteiger partial charge on any atom is 0.308 e. The fourth-order valence-corrected chi connectivity index (χ4v) is 2.96. The molecule has 0 aromatic heterocycles. The van der Waals surface area contributed by atoms with Gasteiger partial charge in [-0.25, -0.2) is 0 Å². The van der Waals surface area contributed by atoms with Crippen molar-refractivity contribution in [3.63, 3.8) is 0 Å². The molecule has 0 fully saturated rings. The van der Waals surface area contributed by atoms with Gasteiger partial charge in [-0.2, -0.15) is 0 Å². The van der Waals surface area contributed by atoms with Crippen molar-refractivity contribution in [2.75, 3.05) is 6.54 Å². The molecule has 2 atom stereocenters. The van der Waals surface area contributed by atoms with E-state index in [2.05, 4.69) is 21.2 Å². The summed E-state index contributed by atoms with van der Waals surface area (Å²) in [6.07, 6.45) is 1.36. The van der Waals surface area contributed by atoms with E-state index in [0.29, 0.717) is 6.42 Å². The van der Waals surface area contributed by atoms with Crippen LogP contribution in [0.2, 0.25) is 0 Å². The summed E-state index contributed by atoms with van der Waals surface area (Å²) >= 11 is 4.82. The van der Waals surface area contributed by atoms with E-state index in [4.69, 9.17) is 5.11 Å². The minimum absolute atomic E-state index is 0.134. The highest BCUT2D eigenvalue weighted by molar-refractivity contribution is 9.10. The molecular weight excluding hydrogens is 354 g/mol. The first kappa shape index (κ1) is 18.0. The molecule has 0 radical (unpaired) electrons. The van der Waals surface area contributed by atoms with Gasteiger partial charge in [0.15, 0.2) is 0 Å². The number of amides is 1. The lowest BCUT2D eigenvalue weighted by atomic mass is 10.0. The molecule has 1 aromatic carbocycles. The van der Waals surface area contributed by atoms with Gasteiger partial charge >= 0.3 is 5.97 Å². The Morgan fingerprint density at radius 3 is 2.48 bits per heavy atom. The number of rotatable bonds is 8. The van der Waals surface area contributed by atoms with E-state index in [9.17, 15) is 9.59 Å². The molecule has 1 amide bonds. The van der Waals surface area contributed by atoms with Crippen LogP contribution in [0, 0.1) is 5.92 Å². The average Bonchev–Trinajstić information content (AvgIpc) is 2.45. The molecule has 0 aliphatic heterocycles. The van der Waals surface area contributed by atoms with Crippen molar-refractivity contribution < 1.29 is 14.7 Å². The quantitative estimate of drug-likeness (QED) is 0.683. The molecule has 2 unspecified atom stereocenters. The molecule has 116 valence electrons. The molecule has 2 N–H and O–H groups in total. The maximum atomic E-state index is 12.0. The van der Waals surface area contributed by atoms with Gasteiger partial charge in [-0.05, 0) is 37.6 Å². The molecule has 0 saturated heterocycles. The van der Waals surface area contributed by atoms with Gasteiger partial charge in [0.05, 0.1) is 11.2 Å². The molecular formula is C15H20BrNO3S. The van der Waals surface area contributed by atoms with Crippen molar-refractivity contribution in [3.05, 3.63) is 28.7 Å². The van der Waals surface area contributed by atoms with Gasteiger partial charge < -0.3 is 10.4 Å². The maximum absolute atomic E-state index is 12.0. The first-order valence-electron chi connectivity index (χ1n) is 6.86. The van der Waals surface area contributed by atoms with Gasteiger partial charge in [-0.15, -0.1) is 11.8 Å². The molecule has 1 aromatic rings. The minimum Gasteiger partial charge on any atom is -0.481 e. The number of hydrogen-bond acceptors (Lipinski definition) is 3. The lowest BCUT2D eigenvalue weighted by Gasteiger charge is -2.15. The zero-order chi connectivity index (χ0) is 15.8. The molecule has 0 heterocycles. The van der Waals surface area contributed by atoms with Crippen LogP contribution in [-0.4, -0.2) is 28.8 Å². The van der Waals surface area contributed by atoms with Crippen LogP contribution < -0.4 is 5.32 Å². The second-order valence-electron chi connectivity index (χ2n) is 4.78. The van der Waals surface area contributed by atoms with Gasteiger partial charge in [-0.3, -0.25) is 9.59 Å². The predicted octanol–water partition coefficient (Wildman–Crippen LogP) is 3.55. The molecule has 0 saturated carbocycles. The summed E-state index contributed by atoms with van der Waals surface area (Å²) in [5.41, 5.74) is 0. The minimum atomic E-state index is -0.856. The Kier molecular flexibility index (Phi) is 7.82. The van der Waals surface area contributed by atoms with Crippen LogP contribution in [0.1, 0.15) is 26.7 Å². The van der Waals surface area contributed by atoms with Crippen LogP contribution in [0.4, 0.5) is 0 Å². The number of carboxylic acid groups (broad SMARTS) is 1. The van der Waals surface area contributed by atoms with Gasteiger partial charge in [0, 0.05) is 15.9 Å². The van der Waals surface area contributed by atoms with E-state index in [1.165, 1.54) is 11.8 Å². The van der Waals surface area contributed by atoms with Crippen LogP contribution in [-0.2, 0) is 9.59 Å². The smallest absolute Gasteiger partial charge is 0.308 e. The Balaban J connectivity index is 2.47. The van der Waals surface area contributed by atoms with Gasteiger partial charge in [0.2, 0.25) is 5.91 Å². The highest BCUT2D eigenvalue weighted by atomic mass is 79.9. The highest BCUT2D eigenvalue weighted by Gasteiger charge is 2.20. The van der Waals surface area contributed by atoms with Crippen molar-refractivity contribution in [2.45, 2.75) is 36.8 Å². The molecule has 4 nitrogen and oxygen atoms in total. The standard InChI is InChI=1S/C15H20BrNO3S/c1-3-4-11(15(19)20)9-17-14(18)10(2)21-13-7-5-12(16)6-8-13/h5-8,10-11H,3-4,9H2,1-2H3,(H,17,18)(H,19,20). The summed E-state index contributed by atoms with van der Waals surface area (Å²) in [4.78, 5) is 24.0. The highest BCUT2D eigenvalue weighted by Crippen LogP contribution is 2.24. The summed E-state index contributed by atoms with van der Waals surface area (Å²) in [6, 6.07) is 7.73.